The predicted molar refractivity (Wildman–Crippen MR) is 92.6 cm³/mol. The Morgan fingerprint density at radius 1 is 1.12 bits per heavy atom. The van der Waals surface area contributed by atoms with Crippen LogP contribution in [0.15, 0.2) is 42.5 Å². The van der Waals surface area contributed by atoms with E-state index in [9.17, 15) is 18.4 Å². The Hall–Kier alpha value is -2.47. The molecule has 2 aromatic rings. The summed E-state index contributed by atoms with van der Waals surface area (Å²) in [6, 6.07) is 9.87. The Bertz CT molecular complexity index is 766. The lowest BCUT2D eigenvalue weighted by atomic mass is 10.1. The van der Waals surface area contributed by atoms with Crippen molar-refractivity contribution in [3.8, 4) is 0 Å². The van der Waals surface area contributed by atoms with Crippen molar-refractivity contribution in [2.45, 2.75) is 13.3 Å². The van der Waals surface area contributed by atoms with Crippen molar-refractivity contribution in [1.82, 2.24) is 5.32 Å². The number of halogens is 3. The fourth-order valence-electron chi connectivity index (χ4n) is 2.30. The van der Waals surface area contributed by atoms with Crippen LogP contribution in [0.25, 0.3) is 0 Å². The molecule has 2 rings (SSSR count). The molecule has 1 N–H and O–H groups in total. The van der Waals surface area contributed by atoms with Crippen molar-refractivity contribution in [3.63, 3.8) is 0 Å². The predicted octanol–water partition coefficient (Wildman–Crippen LogP) is 3.33. The van der Waals surface area contributed by atoms with Crippen LogP contribution in [-0.4, -0.2) is 24.9 Å². The minimum absolute atomic E-state index is 0.0270. The summed E-state index contributed by atoms with van der Waals surface area (Å²) < 4.78 is 26.8. The van der Waals surface area contributed by atoms with Gasteiger partial charge < -0.3 is 10.2 Å². The molecule has 0 saturated carbocycles. The molecule has 0 aliphatic rings. The van der Waals surface area contributed by atoms with Crippen molar-refractivity contribution >= 4 is 29.1 Å². The summed E-state index contributed by atoms with van der Waals surface area (Å²) in [4.78, 5) is 24.8. The van der Waals surface area contributed by atoms with E-state index < -0.39 is 17.5 Å². The molecule has 132 valence electrons. The number of carbonyl (C=O) groups is 2. The zero-order valence-electron chi connectivity index (χ0n) is 13.6. The normalized spacial score (nSPS) is 10.4. The van der Waals surface area contributed by atoms with E-state index in [1.165, 1.54) is 13.0 Å². The zero-order chi connectivity index (χ0) is 18.4. The van der Waals surface area contributed by atoms with Crippen molar-refractivity contribution in [2.75, 3.05) is 18.0 Å². The molecule has 0 heterocycles. The Balaban J connectivity index is 1.92. The lowest BCUT2D eigenvalue weighted by Crippen LogP contribution is -2.38. The summed E-state index contributed by atoms with van der Waals surface area (Å²) in [7, 11) is 0. The number of amides is 2. The van der Waals surface area contributed by atoms with Gasteiger partial charge in [-0.1, -0.05) is 23.7 Å². The van der Waals surface area contributed by atoms with Gasteiger partial charge in [0, 0.05) is 31.1 Å². The van der Waals surface area contributed by atoms with E-state index in [1.807, 2.05) is 0 Å². The average Bonchev–Trinajstić information content (AvgIpc) is 2.54. The SMILES string of the molecule is CC(=O)N(CCNC(=O)Cc1ccc(Cl)cc1)c1ccc(F)cc1F. The number of carbonyl (C=O) groups excluding carboxylic acids is 2. The van der Waals surface area contributed by atoms with Gasteiger partial charge in [0.2, 0.25) is 11.8 Å². The highest BCUT2D eigenvalue weighted by Gasteiger charge is 2.16. The molecule has 0 spiro atoms. The van der Waals surface area contributed by atoms with Crippen molar-refractivity contribution in [3.05, 3.63) is 64.7 Å². The van der Waals surface area contributed by atoms with E-state index in [0.717, 1.165) is 16.5 Å². The summed E-state index contributed by atoms with van der Waals surface area (Å²) >= 11 is 5.78. The molecule has 7 heteroatoms. The minimum atomic E-state index is -0.831. The van der Waals surface area contributed by atoms with Gasteiger partial charge >= 0.3 is 0 Å². The van der Waals surface area contributed by atoms with Crippen LogP contribution in [-0.2, 0) is 16.0 Å². The highest BCUT2D eigenvalue weighted by molar-refractivity contribution is 6.30. The van der Waals surface area contributed by atoms with Gasteiger partial charge in [0.25, 0.3) is 0 Å². The highest BCUT2D eigenvalue weighted by atomic mass is 35.5. The van der Waals surface area contributed by atoms with Gasteiger partial charge in [-0.15, -0.1) is 0 Å². The molecular formula is C18H17ClF2N2O2. The number of anilines is 1. The summed E-state index contributed by atoms with van der Waals surface area (Å²) in [6.45, 7) is 1.49. The second kappa shape index (κ2) is 8.58. The van der Waals surface area contributed by atoms with Crippen molar-refractivity contribution < 1.29 is 18.4 Å². The molecule has 0 radical (unpaired) electrons. The minimum Gasteiger partial charge on any atom is -0.354 e. The Kier molecular flexibility index (Phi) is 6.47. The molecular weight excluding hydrogens is 350 g/mol. The lowest BCUT2D eigenvalue weighted by molar-refractivity contribution is -0.121. The van der Waals surface area contributed by atoms with Gasteiger partial charge in [-0.2, -0.15) is 0 Å². The zero-order valence-corrected chi connectivity index (χ0v) is 14.3. The molecule has 0 fully saturated rings. The van der Waals surface area contributed by atoms with E-state index in [2.05, 4.69) is 5.32 Å². The van der Waals surface area contributed by atoms with Gasteiger partial charge in [-0.3, -0.25) is 9.59 Å². The summed E-state index contributed by atoms with van der Waals surface area (Å²) in [5.74, 6) is -2.19. The van der Waals surface area contributed by atoms with Gasteiger partial charge in [-0.25, -0.2) is 8.78 Å². The van der Waals surface area contributed by atoms with Crippen LogP contribution in [0.1, 0.15) is 12.5 Å². The van der Waals surface area contributed by atoms with Crippen LogP contribution in [0.3, 0.4) is 0 Å². The lowest BCUT2D eigenvalue weighted by Gasteiger charge is -2.22. The van der Waals surface area contributed by atoms with E-state index in [0.29, 0.717) is 11.1 Å². The maximum absolute atomic E-state index is 13.8. The molecule has 0 bridgehead atoms. The number of hydrogen-bond donors (Lipinski definition) is 1. The second-order valence-electron chi connectivity index (χ2n) is 5.42. The third kappa shape index (κ3) is 5.53. The Morgan fingerprint density at radius 3 is 2.40 bits per heavy atom. The van der Waals surface area contributed by atoms with Crippen LogP contribution in [0, 0.1) is 11.6 Å². The first-order chi connectivity index (χ1) is 11.9. The van der Waals surface area contributed by atoms with Crippen molar-refractivity contribution in [2.24, 2.45) is 0 Å². The van der Waals surface area contributed by atoms with E-state index in [4.69, 9.17) is 11.6 Å². The molecule has 2 amide bonds. The molecule has 0 saturated heterocycles. The molecule has 0 aliphatic carbocycles. The number of nitrogens with zero attached hydrogens (tertiary/aromatic N) is 1. The molecule has 0 unspecified atom stereocenters. The fourth-order valence-corrected chi connectivity index (χ4v) is 2.43. The topological polar surface area (TPSA) is 49.4 Å². The van der Waals surface area contributed by atoms with Gasteiger partial charge in [0.05, 0.1) is 12.1 Å². The van der Waals surface area contributed by atoms with Crippen LogP contribution >= 0.6 is 11.6 Å². The van der Waals surface area contributed by atoms with Crippen LogP contribution in [0.5, 0.6) is 0 Å². The first kappa shape index (κ1) is 18.9. The molecule has 25 heavy (non-hydrogen) atoms. The largest absolute Gasteiger partial charge is 0.354 e. The molecule has 0 atom stereocenters. The monoisotopic (exact) mass is 366 g/mol. The Morgan fingerprint density at radius 2 is 1.80 bits per heavy atom. The summed E-state index contributed by atoms with van der Waals surface area (Å²) in [5, 5.41) is 3.26. The standard InChI is InChI=1S/C18H17ClF2N2O2/c1-12(24)23(17-7-6-15(20)11-16(17)21)9-8-22-18(25)10-13-2-4-14(19)5-3-13/h2-7,11H,8-10H2,1H3,(H,22,25). The number of hydrogen-bond acceptors (Lipinski definition) is 2. The Labute approximate surface area is 149 Å². The number of nitrogens with one attached hydrogen (secondary N) is 1. The van der Waals surface area contributed by atoms with Crippen LogP contribution in [0.2, 0.25) is 5.02 Å². The maximum atomic E-state index is 13.8. The molecule has 2 aromatic carbocycles. The second-order valence-corrected chi connectivity index (χ2v) is 5.86. The number of benzene rings is 2. The van der Waals surface area contributed by atoms with E-state index in [1.54, 1.807) is 24.3 Å². The highest BCUT2D eigenvalue weighted by Crippen LogP contribution is 2.20. The maximum Gasteiger partial charge on any atom is 0.224 e. The fraction of sp³-hybridized carbons (Fsp3) is 0.222. The first-order valence-electron chi connectivity index (χ1n) is 7.61. The van der Waals surface area contributed by atoms with E-state index >= 15 is 0 Å². The van der Waals surface area contributed by atoms with Gasteiger partial charge in [0.15, 0.2) is 0 Å². The quantitative estimate of drug-likeness (QED) is 0.852. The van der Waals surface area contributed by atoms with Gasteiger partial charge in [-0.05, 0) is 29.8 Å². The first-order valence-corrected chi connectivity index (χ1v) is 7.99. The van der Waals surface area contributed by atoms with Crippen LogP contribution in [0.4, 0.5) is 14.5 Å². The molecule has 4 nitrogen and oxygen atoms in total. The molecule has 0 aliphatic heterocycles. The van der Waals surface area contributed by atoms with Crippen LogP contribution < -0.4 is 10.2 Å². The van der Waals surface area contributed by atoms with Crippen molar-refractivity contribution in [1.29, 1.82) is 0 Å². The number of rotatable bonds is 6. The third-order valence-corrected chi connectivity index (χ3v) is 3.77. The third-order valence-electron chi connectivity index (χ3n) is 3.52. The van der Waals surface area contributed by atoms with E-state index in [-0.39, 0.29) is 31.1 Å². The van der Waals surface area contributed by atoms with Gasteiger partial charge in [0.1, 0.15) is 11.6 Å². The average molecular weight is 367 g/mol. The summed E-state index contributed by atoms with van der Waals surface area (Å²) in [6.07, 6.45) is 0.169. The smallest absolute Gasteiger partial charge is 0.224 e. The molecule has 0 aromatic heterocycles. The summed E-state index contributed by atoms with van der Waals surface area (Å²) in [5.41, 5.74) is 0.774.